The molecular formula is C15H19NO2S2. The Balaban J connectivity index is 1.71. The quantitative estimate of drug-likeness (QED) is 0.797. The van der Waals surface area contributed by atoms with E-state index in [2.05, 4.69) is 35.9 Å². The highest BCUT2D eigenvalue weighted by Gasteiger charge is 2.13. The molecule has 0 bridgehead atoms. The molecule has 0 unspecified atom stereocenters. The zero-order valence-corrected chi connectivity index (χ0v) is 13.1. The summed E-state index contributed by atoms with van der Waals surface area (Å²) in [5.74, 6) is 0. The van der Waals surface area contributed by atoms with Crippen LogP contribution >= 0.6 is 11.3 Å². The Morgan fingerprint density at radius 3 is 2.50 bits per heavy atom. The van der Waals surface area contributed by atoms with Gasteiger partial charge in [0.25, 0.3) is 0 Å². The highest BCUT2D eigenvalue weighted by molar-refractivity contribution is 7.91. The molecule has 2 aromatic rings. The maximum Gasteiger partial charge on any atom is 0.250 e. The van der Waals surface area contributed by atoms with Crippen LogP contribution in [0.25, 0.3) is 0 Å². The number of thiophene rings is 1. The van der Waals surface area contributed by atoms with Gasteiger partial charge in [0, 0.05) is 6.54 Å². The SMILES string of the molecule is Cc1ccc(CCCCNS(=O)(=O)c2cccs2)cc1. The van der Waals surface area contributed by atoms with Crippen LogP contribution in [0.1, 0.15) is 24.0 Å². The molecular weight excluding hydrogens is 290 g/mol. The molecule has 0 aliphatic heterocycles. The van der Waals surface area contributed by atoms with E-state index in [4.69, 9.17) is 0 Å². The molecule has 0 aliphatic rings. The van der Waals surface area contributed by atoms with Crippen LogP contribution in [0.3, 0.4) is 0 Å². The Kier molecular flexibility index (Phi) is 5.34. The number of hydrogen-bond donors (Lipinski definition) is 1. The molecule has 0 fully saturated rings. The third-order valence-electron chi connectivity index (χ3n) is 3.06. The van der Waals surface area contributed by atoms with Gasteiger partial charge in [-0.2, -0.15) is 0 Å². The molecule has 1 N–H and O–H groups in total. The van der Waals surface area contributed by atoms with E-state index in [1.54, 1.807) is 17.5 Å². The molecule has 2 rings (SSSR count). The van der Waals surface area contributed by atoms with Crippen molar-refractivity contribution >= 4 is 21.4 Å². The van der Waals surface area contributed by atoms with Crippen molar-refractivity contribution in [2.75, 3.05) is 6.54 Å². The van der Waals surface area contributed by atoms with Gasteiger partial charge in [0.05, 0.1) is 0 Å². The summed E-state index contributed by atoms with van der Waals surface area (Å²) in [6, 6.07) is 11.8. The fraction of sp³-hybridized carbons (Fsp3) is 0.333. The topological polar surface area (TPSA) is 46.2 Å². The number of hydrogen-bond acceptors (Lipinski definition) is 3. The van der Waals surface area contributed by atoms with Crippen LogP contribution in [0.2, 0.25) is 0 Å². The van der Waals surface area contributed by atoms with Gasteiger partial charge in [-0.05, 0) is 43.2 Å². The van der Waals surface area contributed by atoms with E-state index in [9.17, 15) is 8.42 Å². The molecule has 0 aliphatic carbocycles. The fourth-order valence-corrected chi connectivity index (χ4v) is 4.01. The molecule has 0 spiro atoms. The van der Waals surface area contributed by atoms with Crippen molar-refractivity contribution in [2.24, 2.45) is 0 Å². The number of benzene rings is 1. The van der Waals surface area contributed by atoms with Gasteiger partial charge in [-0.3, -0.25) is 0 Å². The van der Waals surface area contributed by atoms with Gasteiger partial charge in [-0.1, -0.05) is 35.9 Å². The van der Waals surface area contributed by atoms with E-state index in [-0.39, 0.29) is 0 Å². The molecule has 0 saturated carbocycles. The van der Waals surface area contributed by atoms with Crippen molar-refractivity contribution in [3.63, 3.8) is 0 Å². The minimum Gasteiger partial charge on any atom is -0.210 e. The van der Waals surface area contributed by atoms with Crippen molar-refractivity contribution in [1.29, 1.82) is 0 Å². The van der Waals surface area contributed by atoms with Crippen LogP contribution in [0, 0.1) is 6.92 Å². The van der Waals surface area contributed by atoms with Crippen LogP contribution < -0.4 is 4.72 Å². The zero-order chi connectivity index (χ0) is 14.4. The van der Waals surface area contributed by atoms with Crippen LogP contribution in [-0.2, 0) is 16.4 Å². The first-order valence-electron chi connectivity index (χ1n) is 6.67. The van der Waals surface area contributed by atoms with Gasteiger partial charge in [0.15, 0.2) is 0 Å². The average molecular weight is 309 g/mol. The standard InChI is InChI=1S/C15H19NO2S2/c1-13-7-9-14(10-8-13)5-2-3-11-16-20(17,18)15-6-4-12-19-15/h4,6-10,12,16H,2-3,5,11H2,1H3. The van der Waals surface area contributed by atoms with Gasteiger partial charge in [0.2, 0.25) is 10.0 Å². The predicted octanol–water partition coefficient (Wildman–Crippen LogP) is 3.36. The Morgan fingerprint density at radius 1 is 1.10 bits per heavy atom. The lowest BCUT2D eigenvalue weighted by Gasteiger charge is -2.05. The first kappa shape index (κ1) is 15.2. The zero-order valence-electron chi connectivity index (χ0n) is 11.5. The second-order valence-corrected chi connectivity index (χ2v) is 7.71. The number of nitrogens with one attached hydrogen (secondary N) is 1. The molecule has 1 aromatic carbocycles. The van der Waals surface area contributed by atoms with Crippen molar-refractivity contribution in [3.8, 4) is 0 Å². The molecule has 0 amide bonds. The van der Waals surface area contributed by atoms with Gasteiger partial charge < -0.3 is 0 Å². The van der Waals surface area contributed by atoms with Gasteiger partial charge in [0.1, 0.15) is 4.21 Å². The van der Waals surface area contributed by atoms with Crippen molar-refractivity contribution in [1.82, 2.24) is 4.72 Å². The van der Waals surface area contributed by atoms with Crippen LogP contribution in [0.15, 0.2) is 46.0 Å². The fourth-order valence-electron chi connectivity index (χ4n) is 1.90. The van der Waals surface area contributed by atoms with E-state index in [1.165, 1.54) is 22.5 Å². The monoisotopic (exact) mass is 309 g/mol. The number of aryl methyl sites for hydroxylation is 2. The lowest BCUT2D eigenvalue weighted by molar-refractivity contribution is 0.579. The average Bonchev–Trinajstić information content (AvgIpc) is 2.95. The third kappa shape index (κ3) is 4.44. The highest BCUT2D eigenvalue weighted by Crippen LogP contribution is 2.15. The molecule has 0 atom stereocenters. The summed E-state index contributed by atoms with van der Waals surface area (Å²) >= 11 is 1.24. The Labute approximate surface area is 124 Å². The Bertz CT molecular complexity index is 616. The van der Waals surface area contributed by atoms with E-state index >= 15 is 0 Å². The maximum absolute atomic E-state index is 11.9. The Morgan fingerprint density at radius 2 is 1.85 bits per heavy atom. The highest BCUT2D eigenvalue weighted by atomic mass is 32.2. The van der Waals surface area contributed by atoms with Gasteiger partial charge in [-0.25, -0.2) is 13.1 Å². The second-order valence-electron chi connectivity index (χ2n) is 4.77. The van der Waals surface area contributed by atoms with E-state index < -0.39 is 10.0 Å². The number of sulfonamides is 1. The van der Waals surface area contributed by atoms with Crippen LogP contribution in [-0.4, -0.2) is 15.0 Å². The minimum absolute atomic E-state index is 0.385. The second kappa shape index (κ2) is 7.02. The largest absolute Gasteiger partial charge is 0.250 e. The van der Waals surface area contributed by atoms with Crippen molar-refractivity contribution < 1.29 is 8.42 Å². The lowest BCUT2D eigenvalue weighted by atomic mass is 10.1. The summed E-state index contributed by atoms with van der Waals surface area (Å²) in [7, 11) is -3.30. The summed E-state index contributed by atoms with van der Waals surface area (Å²) in [6.07, 6.45) is 2.81. The first-order valence-corrected chi connectivity index (χ1v) is 9.03. The molecule has 1 aromatic heterocycles. The maximum atomic E-state index is 11.9. The summed E-state index contributed by atoms with van der Waals surface area (Å²) in [4.78, 5) is 0. The van der Waals surface area contributed by atoms with Gasteiger partial charge >= 0.3 is 0 Å². The van der Waals surface area contributed by atoms with Crippen LogP contribution in [0.5, 0.6) is 0 Å². The summed E-state index contributed by atoms with van der Waals surface area (Å²) in [5.41, 5.74) is 2.56. The van der Waals surface area contributed by atoms with E-state index in [0.29, 0.717) is 10.8 Å². The molecule has 108 valence electrons. The minimum atomic E-state index is -3.30. The normalized spacial score (nSPS) is 11.7. The van der Waals surface area contributed by atoms with Crippen LogP contribution in [0.4, 0.5) is 0 Å². The predicted molar refractivity (Wildman–Crippen MR) is 83.6 cm³/mol. The number of unbranched alkanes of at least 4 members (excludes halogenated alkanes) is 1. The summed E-state index contributed by atoms with van der Waals surface area (Å²) in [6.45, 7) is 2.56. The van der Waals surface area contributed by atoms with E-state index in [1.807, 2.05) is 0 Å². The van der Waals surface area contributed by atoms with Crippen molar-refractivity contribution in [3.05, 3.63) is 52.9 Å². The molecule has 0 saturated heterocycles. The van der Waals surface area contributed by atoms with Gasteiger partial charge in [-0.15, -0.1) is 11.3 Å². The Hall–Kier alpha value is -1.17. The molecule has 3 nitrogen and oxygen atoms in total. The molecule has 0 radical (unpaired) electrons. The molecule has 20 heavy (non-hydrogen) atoms. The molecule has 5 heteroatoms. The molecule has 1 heterocycles. The van der Waals surface area contributed by atoms with Crippen molar-refractivity contribution in [2.45, 2.75) is 30.4 Å². The summed E-state index contributed by atoms with van der Waals surface area (Å²) in [5, 5.41) is 1.77. The number of rotatable bonds is 7. The third-order valence-corrected chi connectivity index (χ3v) is 5.92. The smallest absolute Gasteiger partial charge is 0.210 e. The lowest BCUT2D eigenvalue weighted by Crippen LogP contribution is -2.24. The first-order chi connectivity index (χ1) is 9.58. The van der Waals surface area contributed by atoms with E-state index in [0.717, 1.165) is 19.3 Å². The summed E-state index contributed by atoms with van der Waals surface area (Å²) < 4.78 is 26.8.